The number of primary amides is 2. The molecule has 0 bridgehead atoms. The quantitative estimate of drug-likeness (QED) is 0.283. The first-order valence-corrected chi connectivity index (χ1v) is 12.2. The lowest BCUT2D eigenvalue weighted by molar-refractivity contribution is -0.122. The van der Waals surface area contributed by atoms with Crippen molar-refractivity contribution in [2.24, 2.45) is 16.6 Å². The number of urea groups is 1. The van der Waals surface area contributed by atoms with Gasteiger partial charge in [-0.15, -0.1) is 5.01 Å². The van der Waals surface area contributed by atoms with Crippen molar-refractivity contribution in [1.82, 2.24) is 19.8 Å². The highest BCUT2D eigenvalue weighted by Gasteiger charge is 2.33. The smallest absolute Gasteiger partial charge is 0.342 e. The van der Waals surface area contributed by atoms with Gasteiger partial charge in [-0.05, 0) is 29.3 Å². The summed E-state index contributed by atoms with van der Waals surface area (Å²) in [5.41, 5.74) is 15.6. The van der Waals surface area contributed by atoms with Crippen molar-refractivity contribution in [3.05, 3.63) is 132 Å². The van der Waals surface area contributed by atoms with E-state index >= 15 is 0 Å². The fraction of sp³-hybridized carbons (Fsp3) is 0. The lowest BCUT2D eigenvalue weighted by Crippen LogP contribution is -2.33. The average Bonchev–Trinajstić information content (AvgIpc) is 3.56. The maximum absolute atomic E-state index is 13.1. The molecule has 4 N–H and O–H groups in total. The second-order valence-corrected chi connectivity index (χ2v) is 8.62. The van der Waals surface area contributed by atoms with Crippen molar-refractivity contribution in [2.45, 2.75) is 0 Å². The van der Waals surface area contributed by atoms with Crippen molar-refractivity contribution in [3.8, 4) is 11.3 Å². The minimum atomic E-state index is -0.972. The first kappa shape index (κ1) is 25.7. The van der Waals surface area contributed by atoms with Crippen molar-refractivity contribution in [1.29, 1.82) is 0 Å². The molecule has 196 valence electrons. The van der Waals surface area contributed by atoms with Gasteiger partial charge in [-0.2, -0.15) is 14.9 Å². The Morgan fingerprint density at radius 1 is 0.825 bits per heavy atom. The van der Waals surface area contributed by atoms with Crippen LogP contribution < -0.4 is 11.5 Å². The zero-order valence-electron chi connectivity index (χ0n) is 21.1. The Morgan fingerprint density at radius 2 is 1.48 bits per heavy atom. The molecule has 0 unspecified atom stereocenters. The molecular weight excluding hydrogens is 506 g/mol. The molecule has 0 spiro atoms. The molecule has 10 nitrogen and oxygen atoms in total. The van der Waals surface area contributed by atoms with Crippen LogP contribution in [-0.4, -0.2) is 43.5 Å². The van der Waals surface area contributed by atoms with Crippen LogP contribution in [0.4, 0.5) is 9.59 Å². The van der Waals surface area contributed by atoms with Crippen LogP contribution in [-0.2, 0) is 4.79 Å². The molecule has 5 rings (SSSR count). The maximum atomic E-state index is 13.1. The summed E-state index contributed by atoms with van der Waals surface area (Å²) in [7, 11) is 0. The van der Waals surface area contributed by atoms with Crippen LogP contribution in [0.1, 0.15) is 16.7 Å². The molecule has 2 aromatic heterocycles. The number of hydrogen-bond donors (Lipinski definition) is 2. The van der Waals surface area contributed by atoms with E-state index in [-0.39, 0.29) is 5.57 Å². The SMILES string of the molecule is NC(=O)N1N=C(c2ccccc2)/C(=C/C=C(/C=C/c2cn(C(N)=O)nc2-c2ccccc2)c2ccncc2)C1=O. The fourth-order valence-electron chi connectivity index (χ4n) is 4.11. The van der Waals surface area contributed by atoms with Gasteiger partial charge in [0.1, 0.15) is 11.4 Å². The van der Waals surface area contributed by atoms with Crippen molar-refractivity contribution < 1.29 is 14.4 Å². The molecule has 0 radical (unpaired) electrons. The number of carbonyl (C=O) groups excluding carboxylic acids is 3. The largest absolute Gasteiger partial charge is 0.350 e. The van der Waals surface area contributed by atoms with E-state index in [1.54, 1.807) is 49.0 Å². The van der Waals surface area contributed by atoms with Crippen LogP contribution >= 0.6 is 0 Å². The molecule has 40 heavy (non-hydrogen) atoms. The van der Waals surface area contributed by atoms with Crippen LogP contribution in [0.15, 0.2) is 120 Å². The van der Waals surface area contributed by atoms with Gasteiger partial charge in [-0.25, -0.2) is 9.59 Å². The minimum absolute atomic E-state index is 0.205. The normalized spacial score (nSPS) is 14.7. The summed E-state index contributed by atoms with van der Waals surface area (Å²) < 4.78 is 1.08. The Hall–Kier alpha value is -5.90. The number of pyridine rings is 1. The molecule has 0 saturated carbocycles. The number of allylic oxidation sites excluding steroid dienone is 4. The fourth-order valence-corrected chi connectivity index (χ4v) is 4.11. The molecule has 2 aromatic carbocycles. The van der Waals surface area contributed by atoms with E-state index in [1.165, 1.54) is 0 Å². The minimum Gasteiger partial charge on any atom is -0.350 e. The van der Waals surface area contributed by atoms with Crippen LogP contribution in [0.3, 0.4) is 0 Å². The summed E-state index contributed by atoms with van der Waals surface area (Å²) >= 11 is 0. The van der Waals surface area contributed by atoms with Gasteiger partial charge in [0.25, 0.3) is 5.91 Å². The number of carbonyl (C=O) groups is 3. The van der Waals surface area contributed by atoms with Crippen molar-refractivity contribution in [2.75, 3.05) is 0 Å². The number of hydrogen-bond acceptors (Lipinski definition) is 6. The molecule has 1 aliphatic rings. The van der Waals surface area contributed by atoms with Crippen LogP contribution in [0.25, 0.3) is 22.9 Å². The van der Waals surface area contributed by atoms with Gasteiger partial charge < -0.3 is 11.5 Å². The zero-order chi connectivity index (χ0) is 28.1. The monoisotopic (exact) mass is 529 g/mol. The molecule has 4 amide bonds. The number of nitrogens with two attached hydrogens (primary N) is 2. The van der Waals surface area contributed by atoms with E-state index in [0.717, 1.165) is 15.8 Å². The molecule has 0 aliphatic carbocycles. The second kappa shape index (κ2) is 11.2. The van der Waals surface area contributed by atoms with Gasteiger partial charge in [0, 0.05) is 35.3 Å². The number of aromatic nitrogens is 3. The average molecular weight is 530 g/mol. The highest BCUT2D eigenvalue weighted by Crippen LogP contribution is 2.26. The number of nitrogens with zero attached hydrogens (tertiary/aromatic N) is 5. The number of hydrazone groups is 1. The third-order valence-corrected chi connectivity index (χ3v) is 6.04. The summed E-state index contributed by atoms with van der Waals surface area (Å²) in [6.45, 7) is 0. The standard InChI is InChI=1S/C30H23N7O3/c31-29(39)36-19-24(26(34-36)22-7-3-1-4-8-22)12-11-20(21-15-17-33-18-16-21)13-14-25-27(23-9-5-2-6-10-23)35-37(28(25)38)30(32)40/h1-19H,(H2,31,39)(H2,32,40)/b12-11+,20-13-,25-14-. The molecule has 0 atom stereocenters. The van der Waals surface area contributed by atoms with Gasteiger partial charge >= 0.3 is 12.1 Å². The zero-order valence-corrected chi connectivity index (χ0v) is 21.1. The Labute approximate surface area is 229 Å². The van der Waals surface area contributed by atoms with E-state index in [2.05, 4.69) is 15.2 Å². The van der Waals surface area contributed by atoms with Crippen LogP contribution in [0, 0.1) is 0 Å². The van der Waals surface area contributed by atoms with Crippen LogP contribution in [0.2, 0.25) is 0 Å². The predicted octanol–water partition coefficient (Wildman–Crippen LogP) is 4.22. The first-order chi connectivity index (χ1) is 19.4. The van der Waals surface area contributed by atoms with Gasteiger partial charge in [-0.1, -0.05) is 78.9 Å². The molecule has 1 aliphatic heterocycles. The Kier molecular flexibility index (Phi) is 7.23. The Balaban J connectivity index is 1.59. The molecule has 0 saturated heterocycles. The lowest BCUT2D eigenvalue weighted by atomic mass is 10.00. The molecule has 3 heterocycles. The lowest BCUT2D eigenvalue weighted by Gasteiger charge is -2.05. The van der Waals surface area contributed by atoms with Gasteiger partial charge in [0.15, 0.2) is 0 Å². The number of benzene rings is 2. The molecule has 4 aromatic rings. The second-order valence-electron chi connectivity index (χ2n) is 8.62. The van der Waals surface area contributed by atoms with Crippen molar-refractivity contribution in [3.63, 3.8) is 0 Å². The Bertz CT molecular complexity index is 1700. The highest BCUT2D eigenvalue weighted by atomic mass is 16.2. The van der Waals surface area contributed by atoms with E-state index in [0.29, 0.717) is 33.1 Å². The van der Waals surface area contributed by atoms with E-state index < -0.39 is 18.0 Å². The summed E-state index contributed by atoms with van der Waals surface area (Å²) in [6.07, 6.45) is 11.8. The molecule has 0 fully saturated rings. The maximum Gasteiger partial charge on any atom is 0.342 e. The third kappa shape index (κ3) is 5.36. The number of rotatable bonds is 6. The summed E-state index contributed by atoms with van der Waals surface area (Å²) in [5.74, 6) is -0.630. The number of imide groups is 1. The van der Waals surface area contributed by atoms with Gasteiger partial charge in [0.05, 0.1) is 5.57 Å². The molecular formula is C30H23N7O3. The summed E-state index contributed by atoms with van der Waals surface area (Å²) in [5, 5.41) is 9.18. The van der Waals surface area contributed by atoms with Gasteiger partial charge in [0.2, 0.25) is 0 Å². The van der Waals surface area contributed by atoms with E-state index in [9.17, 15) is 14.4 Å². The van der Waals surface area contributed by atoms with Crippen molar-refractivity contribution >= 4 is 35.3 Å². The Morgan fingerprint density at radius 3 is 2.10 bits per heavy atom. The van der Waals surface area contributed by atoms with E-state index in [1.807, 2.05) is 66.7 Å². The van der Waals surface area contributed by atoms with E-state index in [4.69, 9.17) is 11.5 Å². The number of amides is 4. The first-order valence-electron chi connectivity index (χ1n) is 12.2. The summed E-state index contributed by atoms with van der Waals surface area (Å²) in [4.78, 5) is 40.9. The third-order valence-electron chi connectivity index (χ3n) is 6.04. The predicted molar refractivity (Wildman–Crippen MR) is 151 cm³/mol. The van der Waals surface area contributed by atoms with Gasteiger partial charge in [-0.3, -0.25) is 9.78 Å². The topological polar surface area (TPSA) is 150 Å². The highest BCUT2D eigenvalue weighted by molar-refractivity contribution is 6.33. The summed E-state index contributed by atoms with van der Waals surface area (Å²) in [6, 6.07) is 20.4. The molecule has 10 heteroatoms. The van der Waals surface area contributed by atoms with Crippen LogP contribution in [0.5, 0.6) is 0 Å².